The smallest absolute Gasteiger partial charge is 0.335 e. The minimum atomic E-state index is -1.04. The zero-order chi connectivity index (χ0) is 22.7. The molecule has 0 aliphatic carbocycles. The molecule has 1 heterocycles. The number of carbonyl (C=O) groups is 1. The zero-order valence-electron chi connectivity index (χ0n) is 16.3. The highest BCUT2D eigenvalue weighted by Gasteiger charge is 2.14. The molecule has 2 N–H and O–H groups in total. The number of rotatable bonds is 6. The monoisotopic (exact) mass is 452 g/mol. The Labute approximate surface area is 186 Å². The lowest BCUT2D eigenvalue weighted by molar-refractivity contribution is 0.0697. The summed E-state index contributed by atoms with van der Waals surface area (Å²) in [5.41, 5.74) is 5.55. The van der Waals surface area contributed by atoms with Gasteiger partial charge in [0.25, 0.3) is 0 Å². The number of carboxylic acids is 1. The molecule has 0 aliphatic heterocycles. The Balaban J connectivity index is 1.70. The molecule has 0 aliphatic rings. The van der Waals surface area contributed by atoms with Crippen LogP contribution < -0.4 is 5.43 Å². The molecule has 0 radical (unpaired) electrons. The summed E-state index contributed by atoms with van der Waals surface area (Å²) < 4.78 is 28.7. The highest BCUT2D eigenvalue weighted by Crippen LogP contribution is 2.25. The molecule has 0 fully saturated rings. The van der Waals surface area contributed by atoms with E-state index in [9.17, 15) is 13.6 Å². The number of benzene rings is 3. The average Bonchev–Trinajstić information content (AvgIpc) is 3.21. The van der Waals surface area contributed by atoms with Gasteiger partial charge in [0.2, 0.25) is 0 Å². The van der Waals surface area contributed by atoms with Crippen LogP contribution in [0.25, 0.3) is 16.9 Å². The van der Waals surface area contributed by atoms with Crippen LogP contribution in [-0.2, 0) is 0 Å². The first-order chi connectivity index (χ1) is 15.4. The van der Waals surface area contributed by atoms with Gasteiger partial charge < -0.3 is 5.11 Å². The Morgan fingerprint density at radius 2 is 1.75 bits per heavy atom. The van der Waals surface area contributed by atoms with Crippen molar-refractivity contribution in [3.8, 4) is 16.9 Å². The maximum absolute atomic E-state index is 13.8. The van der Waals surface area contributed by atoms with Crippen molar-refractivity contribution in [2.45, 2.75) is 0 Å². The van der Waals surface area contributed by atoms with Crippen molar-refractivity contribution in [3.63, 3.8) is 0 Å². The minimum Gasteiger partial charge on any atom is -0.478 e. The summed E-state index contributed by atoms with van der Waals surface area (Å²) in [7, 11) is 0. The van der Waals surface area contributed by atoms with Gasteiger partial charge in [-0.15, -0.1) is 0 Å². The third kappa shape index (κ3) is 4.65. The number of nitrogens with one attached hydrogen (secondary N) is 1. The summed E-state index contributed by atoms with van der Waals surface area (Å²) in [6.07, 6.45) is 3.15. The molecular weight excluding hydrogens is 438 g/mol. The Kier molecular flexibility index (Phi) is 5.96. The van der Waals surface area contributed by atoms with E-state index in [1.54, 1.807) is 42.6 Å². The molecule has 9 heteroatoms. The van der Waals surface area contributed by atoms with Crippen LogP contribution in [0.2, 0.25) is 5.02 Å². The molecule has 0 unspecified atom stereocenters. The molecule has 160 valence electrons. The first-order valence-electron chi connectivity index (χ1n) is 9.34. The number of aromatic nitrogens is 2. The van der Waals surface area contributed by atoms with E-state index in [0.717, 1.165) is 12.1 Å². The second kappa shape index (κ2) is 8.99. The quantitative estimate of drug-likeness (QED) is 0.294. The zero-order valence-corrected chi connectivity index (χ0v) is 17.1. The Bertz CT molecular complexity index is 1300. The predicted molar refractivity (Wildman–Crippen MR) is 119 cm³/mol. The van der Waals surface area contributed by atoms with Gasteiger partial charge in [-0.3, -0.25) is 5.43 Å². The molecular formula is C23H15ClF2N4O2. The summed E-state index contributed by atoms with van der Waals surface area (Å²) in [5, 5.41) is 18.3. The highest BCUT2D eigenvalue weighted by atomic mass is 35.5. The fraction of sp³-hybridized carbons (Fsp3) is 0. The van der Waals surface area contributed by atoms with Gasteiger partial charge in [0, 0.05) is 22.3 Å². The van der Waals surface area contributed by atoms with Gasteiger partial charge in [-0.2, -0.15) is 10.2 Å². The predicted octanol–water partition coefficient (Wildman–Crippen LogP) is 5.62. The molecule has 3 aromatic carbocycles. The highest BCUT2D eigenvalue weighted by molar-refractivity contribution is 6.30. The van der Waals surface area contributed by atoms with Crippen LogP contribution in [0.4, 0.5) is 14.5 Å². The third-order valence-corrected chi connectivity index (χ3v) is 4.81. The van der Waals surface area contributed by atoms with E-state index in [1.165, 1.54) is 29.1 Å². The van der Waals surface area contributed by atoms with E-state index in [0.29, 0.717) is 33.2 Å². The van der Waals surface area contributed by atoms with E-state index in [4.69, 9.17) is 16.7 Å². The Hall–Kier alpha value is -4.04. The van der Waals surface area contributed by atoms with E-state index in [1.807, 2.05) is 0 Å². The Morgan fingerprint density at radius 3 is 2.41 bits per heavy atom. The van der Waals surface area contributed by atoms with Crippen molar-refractivity contribution < 1.29 is 18.7 Å². The number of aromatic carboxylic acids is 1. The van der Waals surface area contributed by atoms with E-state index < -0.39 is 17.6 Å². The van der Waals surface area contributed by atoms with Crippen molar-refractivity contribution >= 4 is 29.5 Å². The molecule has 0 saturated heterocycles. The number of hydrogen-bond acceptors (Lipinski definition) is 4. The fourth-order valence-corrected chi connectivity index (χ4v) is 3.07. The molecule has 1 aromatic heterocycles. The second-order valence-corrected chi connectivity index (χ2v) is 7.17. The molecule has 0 amide bonds. The number of halogens is 3. The molecule has 0 saturated carbocycles. The van der Waals surface area contributed by atoms with Crippen LogP contribution in [0.3, 0.4) is 0 Å². The summed E-state index contributed by atoms with van der Waals surface area (Å²) in [6, 6.07) is 16.5. The summed E-state index contributed by atoms with van der Waals surface area (Å²) in [6.45, 7) is 0. The molecule has 4 rings (SSSR count). The van der Waals surface area contributed by atoms with Gasteiger partial charge >= 0.3 is 5.97 Å². The van der Waals surface area contributed by atoms with Crippen molar-refractivity contribution in [2.24, 2.45) is 5.10 Å². The lowest BCUT2D eigenvalue weighted by Crippen LogP contribution is -1.99. The Morgan fingerprint density at radius 1 is 1.03 bits per heavy atom. The van der Waals surface area contributed by atoms with Crippen molar-refractivity contribution in [1.82, 2.24) is 9.78 Å². The molecule has 6 nitrogen and oxygen atoms in total. The molecule has 4 aromatic rings. The first kappa shape index (κ1) is 21.2. The van der Waals surface area contributed by atoms with Crippen LogP contribution in [0.15, 0.2) is 78.0 Å². The van der Waals surface area contributed by atoms with Crippen LogP contribution >= 0.6 is 11.6 Å². The lowest BCUT2D eigenvalue weighted by Gasteiger charge is -2.02. The summed E-state index contributed by atoms with van der Waals surface area (Å²) >= 11 is 5.88. The van der Waals surface area contributed by atoms with Crippen LogP contribution in [0.1, 0.15) is 15.9 Å². The van der Waals surface area contributed by atoms with Gasteiger partial charge in [-0.1, -0.05) is 11.6 Å². The number of nitrogens with zero attached hydrogens (tertiary/aromatic N) is 3. The molecule has 0 atom stereocenters. The summed E-state index contributed by atoms with van der Waals surface area (Å²) in [4.78, 5) is 11.1. The van der Waals surface area contributed by atoms with Crippen LogP contribution in [0.5, 0.6) is 0 Å². The number of hydrazone groups is 1. The first-order valence-corrected chi connectivity index (χ1v) is 9.72. The van der Waals surface area contributed by atoms with Gasteiger partial charge in [0.1, 0.15) is 5.69 Å². The molecule has 32 heavy (non-hydrogen) atoms. The maximum Gasteiger partial charge on any atom is 0.335 e. The lowest BCUT2D eigenvalue weighted by atomic mass is 10.1. The summed E-state index contributed by atoms with van der Waals surface area (Å²) in [5.74, 6) is -3.00. The van der Waals surface area contributed by atoms with Crippen molar-refractivity contribution in [3.05, 3.63) is 101 Å². The van der Waals surface area contributed by atoms with Crippen molar-refractivity contribution in [2.75, 3.05) is 5.43 Å². The normalized spacial score (nSPS) is 11.1. The van der Waals surface area contributed by atoms with Gasteiger partial charge in [0.15, 0.2) is 11.6 Å². The number of hydrogen-bond donors (Lipinski definition) is 2. The molecule has 0 spiro atoms. The minimum absolute atomic E-state index is 0.135. The molecule has 0 bridgehead atoms. The number of anilines is 1. The van der Waals surface area contributed by atoms with Crippen LogP contribution in [-0.4, -0.2) is 27.1 Å². The SMILES string of the molecule is O=C(O)c1ccc(-n2cc(/C=N/Nc3ccc(Cl)cc3)c(-c3ccc(F)c(F)c3)n2)cc1. The van der Waals surface area contributed by atoms with Gasteiger partial charge in [0.05, 0.1) is 23.2 Å². The maximum atomic E-state index is 13.8. The number of carboxylic acid groups (broad SMARTS) is 1. The van der Waals surface area contributed by atoms with Crippen molar-refractivity contribution in [1.29, 1.82) is 0 Å². The second-order valence-electron chi connectivity index (χ2n) is 6.74. The third-order valence-electron chi connectivity index (χ3n) is 4.56. The van der Waals surface area contributed by atoms with Gasteiger partial charge in [-0.25, -0.2) is 18.3 Å². The fourth-order valence-electron chi connectivity index (χ4n) is 2.94. The van der Waals surface area contributed by atoms with E-state index in [-0.39, 0.29) is 5.56 Å². The van der Waals surface area contributed by atoms with Gasteiger partial charge in [-0.05, 0) is 66.7 Å². The van der Waals surface area contributed by atoms with Crippen LogP contribution in [0, 0.1) is 11.6 Å². The standard InChI is InChI=1S/C23H15ClF2N4O2/c24-17-4-6-18(7-5-17)28-27-12-16-13-30(19-8-1-14(2-9-19)23(31)32)29-22(16)15-3-10-20(25)21(26)11-15/h1-13,28H,(H,31,32)/b27-12+. The largest absolute Gasteiger partial charge is 0.478 e. The average molecular weight is 453 g/mol. The van der Waals surface area contributed by atoms with E-state index >= 15 is 0 Å². The van der Waals surface area contributed by atoms with E-state index in [2.05, 4.69) is 15.6 Å². The topological polar surface area (TPSA) is 79.5 Å².